The number of carbonyl (C=O) groups excluding carboxylic acids is 2. The first-order chi connectivity index (χ1) is 11.1. The fourth-order valence-corrected chi connectivity index (χ4v) is 2.88. The van der Waals surface area contributed by atoms with E-state index in [1.54, 1.807) is 25.1 Å². The highest BCUT2D eigenvalue weighted by molar-refractivity contribution is 6.16. The number of Topliss-reactive ketones (excluding diaryl/α,β-unsaturated/α-hetero) is 1. The first-order valence-corrected chi connectivity index (χ1v) is 7.45. The highest BCUT2D eigenvalue weighted by atomic mass is 16.3. The lowest BCUT2D eigenvalue weighted by molar-refractivity contribution is -0.118. The second kappa shape index (κ2) is 5.76. The second-order valence-corrected chi connectivity index (χ2v) is 5.42. The largest absolute Gasteiger partial charge is 0.503 e. The van der Waals surface area contributed by atoms with Gasteiger partial charge in [-0.3, -0.25) is 14.5 Å². The van der Waals surface area contributed by atoms with Crippen LogP contribution in [0.25, 0.3) is 0 Å². The van der Waals surface area contributed by atoms with Crippen molar-refractivity contribution in [1.29, 1.82) is 0 Å². The predicted octanol–water partition coefficient (Wildman–Crippen LogP) is 3.47. The van der Waals surface area contributed by atoms with Crippen LogP contribution in [0, 0.1) is 6.92 Å². The Labute approximate surface area is 133 Å². The van der Waals surface area contributed by atoms with Crippen LogP contribution in [0.2, 0.25) is 0 Å². The summed E-state index contributed by atoms with van der Waals surface area (Å²) in [5.41, 5.74) is 1.61. The van der Waals surface area contributed by atoms with Crippen LogP contribution in [0.5, 0.6) is 0 Å². The van der Waals surface area contributed by atoms with Gasteiger partial charge in [0.15, 0.2) is 11.5 Å². The number of amides is 1. The number of aliphatic hydroxyl groups is 1. The van der Waals surface area contributed by atoms with Crippen molar-refractivity contribution >= 4 is 17.4 Å². The van der Waals surface area contributed by atoms with Gasteiger partial charge in [-0.15, -0.1) is 0 Å². The van der Waals surface area contributed by atoms with Gasteiger partial charge >= 0.3 is 0 Å². The summed E-state index contributed by atoms with van der Waals surface area (Å²) in [6, 6.07) is 9.99. The zero-order chi connectivity index (χ0) is 16.6. The van der Waals surface area contributed by atoms with Crippen molar-refractivity contribution < 1.29 is 19.1 Å². The molecule has 1 aromatic carbocycles. The zero-order valence-electron chi connectivity index (χ0n) is 12.9. The number of carbonyl (C=O) groups is 2. The molecular weight excluding hydrogens is 294 g/mol. The van der Waals surface area contributed by atoms with Gasteiger partial charge < -0.3 is 9.52 Å². The fraction of sp³-hybridized carbons (Fsp3) is 0.222. The van der Waals surface area contributed by atoms with Crippen molar-refractivity contribution in [3.8, 4) is 0 Å². The Hall–Kier alpha value is -2.82. The summed E-state index contributed by atoms with van der Waals surface area (Å²) in [7, 11) is 0. The summed E-state index contributed by atoms with van der Waals surface area (Å²) in [5.74, 6) is -0.908. The molecule has 1 aliphatic heterocycles. The molecule has 0 bridgehead atoms. The molecule has 1 atom stereocenters. The van der Waals surface area contributed by atoms with Gasteiger partial charge in [0, 0.05) is 12.1 Å². The fourth-order valence-electron chi connectivity index (χ4n) is 2.88. The van der Waals surface area contributed by atoms with Crippen molar-refractivity contribution in [1.82, 2.24) is 0 Å². The number of furan rings is 1. The molecule has 1 aliphatic rings. The van der Waals surface area contributed by atoms with E-state index in [9.17, 15) is 14.7 Å². The van der Waals surface area contributed by atoms with Gasteiger partial charge in [0.2, 0.25) is 0 Å². The average molecular weight is 311 g/mol. The van der Waals surface area contributed by atoms with Gasteiger partial charge in [-0.1, -0.05) is 25.1 Å². The van der Waals surface area contributed by atoms with Crippen LogP contribution in [0.4, 0.5) is 5.69 Å². The molecule has 1 amide bonds. The van der Waals surface area contributed by atoms with E-state index < -0.39 is 17.7 Å². The molecule has 23 heavy (non-hydrogen) atoms. The summed E-state index contributed by atoms with van der Waals surface area (Å²) in [6.07, 6.45) is 1.69. The van der Waals surface area contributed by atoms with Crippen molar-refractivity contribution in [2.45, 2.75) is 26.3 Å². The minimum atomic E-state index is -0.744. The maximum Gasteiger partial charge on any atom is 0.294 e. The lowest BCUT2D eigenvalue weighted by Crippen LogP contribution is -2.31. The number of nitrogens with zero attached hydrogens (tertiary/aromatic N) is 1. The number of aryl methyl sites for hydroxylation is 1. The maximum absolute atomic E-state index is 12.6. The molecule has 0 saturated carbocycles. The molecule has 3 rings (SSSR count). The summed E-state index contributed by atoms with van der Waals surface area (Å²) in [6.45, 7) is 3.57. The standard InChI is InChI=1S/C18H17NO4/c1-3-13(20)15-16(14-9-6-10-23-14)19(18(22)17(15)21)12-8-5-4-7-11(12)2/h4-10,16,21H,3H2,1-2H3. The molecule has 118 valence electrons. The Balaban J connectivity index is 2.19. The molecule has 0 saturated heterocycles. The van der Waals surface area contributed by atoms with Gasteiger partial charge in [0.05, 0.1) is 11.8 Å². The van der Waals surface area contributed by atoms with Crippen LogP contribution >= 0.6 is 0 Å². The van der Waals surface area contributed by atoms with Crippen LogP contribution in [-0.2, 0) is 9.59 Å². The summed E-state index contributed by atoms with van der Waals surface area (Å²) in [5, 5.41) is 10.3. The van der Waals surface area contributed by atoms with Crippen LogP contribution in [0.15, 0.2) is 58.4 Å². The Morgan fingerprint density at radius 2 is 2.00 bits per heavy atom. The topological polar surface area (TPSA) is 70.8 Å². The third kappa shape index (κ3) is 2.34. The number of benzene rings is 1. The van der Waals surface area contributed by atoms with Gasteiger partial charge in [-0.2, -0.15) is 0 Å². The molecule has 0 spiro atoms. The molecule has 1 N–H and O–H groups in total. The van der Waals surface area contributed by atoms with Gasteiger partial charge in [-0.05, 0) is 30.7 Å². The first kappa shape index (κ1) is 15.1. The molecule has 1 aromatic heterocycles. The molecule has 5 nitrogen and oxygen atoms in total. The number of anilines is 1. The number of para-hydroxylation sites is 1. The van der Waals surface area contributed by atoms with Crippen molar-refractivity contribution in [2.75, 3.05) is 4.90 Å². The zero-order valence-corrected chi connectivity index (χ0v) is 12.9. The Bertz CT molecular complexity index is 789. The summed E-state index contributed by atoms with van der Waals surface area (Å²) < 4.78 is 5.44. The van der Waals surface area contributed by atoms with Gasteiger partial charge in [0.1, 0.15) is 11.8 Å². The minimum Gasteiger partial charge on any atom is -0.503 e. The normalized spacial score (nSPS) is 17.9. The lowest BCUT2D eigenvalue weighted by atomic mass is 9.99. The molecule has 1 unspecified atom stereocenters. The average Bonchev–Trinajstić information content (AvgIpc) is 3.16. The molecule has 2 heterocycles. The van der Waals surface area contributed by atoms with Crippen LogP contribution in [0.1, 0.15) is 30.7 Å². The molecule has 2 aromatic rings. The van der Waals surface area contributed by atoms with Crippen LogP contribution < -0.4 is 4.90 Å². The Morgan fingerprint density at radius 3 is 2.61 bits per heavy atom. The number of ketones is 1. The summed E-state index contributed by atoms with van der Waals surface area (Å²) >= 11 is 0. The first-order valence-electron chi connectivity index (χ1n) is 7.45. The van der Waals surface area contributed by atoms with E-state index in [0.29, 0.717) is 11.4 Å². The van der Waals surface area contributed by atoms with E-state index >= 15 is 0 Å². The highest BCUT2D eigenvalue weighted by Gasteiger charge is 2.45. The van der Waals surface area contributed by atoms with E-state index in [-0.39, 0.29) is 17.8 Å². The molecule has 0 radical (unpaired) electrons. The SMILES string of the molecule is CCC(=O)C1=C(O)C(=O)N(c2ccccc2C)C1c1ccco1. The van der Waals surface area contributed by atoms with Crippen molar-refractivity contribution in [2.24, 2.45) is 0 Å². The number of aliphatic hydroxyl groups excluding tert-OH is 1. The third-order valence-corrected chi connectivity index (χ3v) is 4.02. The van der Waals surface area contributed by atoms with Gasteiger partial charge in [0.25, 0.3) is 5.91 Å². The third-order valence-electron chi connectivity index (χ3n) is 4.02. The Kier molecular flexibility index (Phi) is 3.78. The van der Waals surface area contributed by atoms with E-state index in [2.05, 4.69) is 0 Å². The summed E-state index contributed by atoms with van der Waals surface area (Å²) in [4.78, 5) is 26.3. The van der Waals surface area contributed by atoms with Crippen LogP contribution in [-0.4, -0.2) is 16.8 Å². The number of rotatable bonds is 4. The molecule has 0 fully saturated rings. The van der Waals surface area contributed by atoms with E-state index in [1.165, 1.54) is 11.2 Å². The van der Waals surface area contributed by atoms with Crippen molar-refractivity contribution in [3.05, 3.63) is 65.3 Å². The monoisotopic (exact) mass is 311 g/mol. The predicted molar refractivity (Wildman–Crippen MR) is 85.1 cm³/mol. The highest BCUT2D eigenvalue weighted by Crippen LogP contribution is 2.42. The molecular formula is C18H17NO4. The van der Waals surface area contributed by atoms with E-state index in [0.717, 1.165) is 5.56 Å². The van der Waals surface area contributed by atoms with Gasteiger partial charge in [-0.25, -0.2) is 0 Å². The van der Waals surface area contributed by atoms with E-state index in [1.807, 2.05) is 25.1 Å². The Morgan fingerprint density at radius 1 is 1.26 bits per heavy atom. The van der Waals surface area contributed by atoms with Crippen molar-refractivity contribution in [3.63, 3.8) is 0 Å². The number of hydrogen-bond acceptors (Lipinski definition) is 4. The second-order valence-electron chi connectivity index (χ2n) is 5.42. The molecule has 0 aliphatic carbocycles. The molecule has 5 heteroatoms. The lowest BCUT2D eigenvalue weighted by Gasteiger charge is -2.26. The minimum absolute atomic E-state index is 0.0932. The number of hydrogen-bond donors (Lipinski definition) is 1. The smallest absolute Gasteiger partial charge is 0.294 e. The van der Waals surface area contributed by atoms with Crippen LogP contribution in [0.3, 0.4) is 0 Å². The maximum atomic E-state index is 12.6. The quantitative estimate of drug-likeness (QED) is 0.938. The van der Waals surface area contributed by atoms with E-state index in [4.69, 9.17) is 4.42 Å².